The minimum atomic E-state index is -0.956. The third kappa shape index (κ3) is 10.3. The number of benzene rings is 3. The molecule has 14 heteroatoms. The molecule has 0 bridgehead atoms. The van der Waals surface area contributed by atoms with Crippen LogP contribution in [0.1, 0.15) is 71.9 Å². The first-order valence-corrected chi connectivity index (χ1v) is 16.4. The number of rotatable bonds is 13. The molecule has 2 atom stereocenters. The van der Waals surface area contributed by atoms with Crippen molar-refractivity contribution in [3.05, 3.63) is 95.2 Å². The van der Waals surface area contributed by atoms with Gasteiger partial charge in [-0.15, -0.1) is 0 Å². The monoisotopic (exact) mass is 699 g/mol. The number of carbonyl (C=O) groups excluding carboxylic acids is 5. The summed E-state index contributed by atoms with van der Waals surface area (Å²) in [6.07, 6.45) is -0.546. The Morgan fingerprint density at radius 2 is 1.76 bits per heavy atom. The highest BCUT2D eigenvalue weighted by Gasteiger charge is 2.34. The van der Waals surface area contributed by atoms with Gasteiger partial charge in [0.15, 0.2) is 18.4 Å². The van der Waals surface area contributed by atoms with Gasteiger partial charge in [0.2, 0.25) is 5.91 Å². The van der Waals surface area contributed by atoms with E-state index in [1.54, 1.807) is 61.4 Å². The second-order valence-corrected chi connectivity index (χ2v) is 11.7. The topological polar surface area (TPSA) is 202 Å². The number of amidine groups is 1. The van der Waals surface area contributed by atoms with Gasteiger partial charge in [-0.25, -0.2) is 14.4 Å². The summed E-state index contributed by atoms with van der Waals surface area (Å²) in [6, 6.07) is 17.5. The fourth-order valence-corrected chi connectivity index (χ4v) is 5.56. The van der Waals surface area contributed by atoms with E-state index in [1.807, 2.05) is 13.8 Å². The Balaban J connectivity index is 1.77. The van der Waals surface area contributed by atoms with Gasteiger partial charge in [-0.1, -0.05) is 30.3 Å². The van der Waals surface area contributed by atoms with Crippen molar-refractivity contribution in [1.82, 2.24) is 4.90 Å². The highest BCUT2D eigenvalue weighted by Crippen LogP contribution is 2.34. The van der Waals surface area contributed by atoms with Crippen molar-refractivity contribution < 1.29 is 42.9 Å². The zero-order chi connectivity index (χ0) is 36.9. The number of nitrogen functional groups attached to an aromatic ring is 1. The van der Waals surface area contributed by atoms with Gasteiger partial charge in [0.25, 0.3) is 5.91 Å². The number of hydrogen-bond acceptors (Lipinski definition) is 10. The summed E-state index contributed by atoms with van der Waals surface area (Å²) in [5.74, 6) is -0.418. The quantitative estimate of drug-likeness (QED) is 0.0427. The molecule has 1 aliphatic heterocycles. The second-order valence-electron chi connectivity index (χ2n) is 11.7. The van der Waals surface area contributed by atoms with Crippen LogP contribution in [0.15, 0.2) is 78.0 Å². The summed E-state index contributed by atoms with van der Waals surface area (Å²) in [7, 11) is 0. The third-order valence-corrected chi connectivity index (χ3v) is 7.83. The Hall–Kier alpha value is -5.98. The van der Waals surface area contributed by atoms with Gasteiger partial charge in [-0.3, -0.25) is 9.59 Å². The molecule has 1 saturated heterocycles. The van der Waals surface area contributed by atoms with Crippen molar-refractivity contribution in [3.8, 4) is 5.75 Å². The van der Waals surface area contributed by atoms with E-state index in [0.29, 0.717) is 18.4 Å². The largest absolute Gasteiger partial charge is 0.466 e. The lowest BCUT2D eigenvalue weighted by Gasteiger charge is -2.38. The van der Waals surface area contributed by atoms with E-state index in [4.69, 9.17) is 30.4 Å². The summed E-state index contributed by atoms with van der Waals surface area (Å²) in [5, 5.41) is 2.83. The van der Waals surface area contributed by atoms with Crippen LogP contribution in [0.5, 0.6) is 5.75 Å². The molecule has 51 heavy (non-hydrogen) atoms. The van der Waals surface area contributed by atoms with E-state index < -0.39 is 24.2 Å². The van der Waals surface area contributed by atoms with Gasteiger partial charge >= 0.3 is 12.1 Å². The predicted molar refractivity (Wildman–Crippen MR) is 189 cm³/mol. The number of likely N-dealkylation sites (tertiary alicyclic amines) is 1. The predicted octanol–water partition coefficient (Wildman–Crippen LogP) is 4.64. The van der Waals surface area contributed by atoms with Gasteiger partial charge in [-0.2, -0.15) is 4.99 Å². The van der Waals surface area contributed by atoms with E-state index in [1.165, 1.54) is 23.1 Å². The summed E-state index contributed by atoms with van der Waals surface area (Å²) in [5.41, 5.74) is 13.3. The van der Waals surface area contributed by atoms with E-state index in [9.17, 15) is 24.0 Å². The zero-order valence-electron chi connectivity index (χ0n) is 28.6. The van der Waals surface area contributed by atoms with Crippen molar-refractivity contribution in [3.63, 3.8) is 0 Å². The SMILES string of the molecule is CCOC(=O)N=C(N)c1ccc(OC(=O)c2ccccc2N)c(CCC(=O)N2CCC(OC(C)C)CC2OC=C=O)c1NC(=O)c1ccccc1. The van der Waals surface area contributed by atoms with Crippen LogP contribution in [0.25, 0.3) is 0 Å². The molecule has 5 N–H and O–H groups in total. The number of carbonyl (C=O) groups is 4. The van der Waals surface area contributed by atoms with Crippen molar-refractivity contribution in [1.29, 1.82) is 0 Å². The fourth-order valence-electron chi connectivity index (χ4n) is 5.56. The number of amides is 3. The second kappa shape index (κ2) is 18.1. The molecule has 0 radical (unpaired) electrons. The first-order chi connectivity index (χ1) is 24.5. The highest BCUT2D eigenvalue weighted by atomic mass is 16.5. The molecule has 3 aromatic carbocycles. The molecule has 0 spiro atoms. The molecule has 0 aliphatic carbocycles. The number of esters is 1. The number of anilines is 2. The molecule has 1 heterocycles. The van der Waals surface area contributed by atoms with Crippen LogP contribution in [-0.2, 0) is 30.2 Å². The van der Waals surface area contributed by atoms with E-state index in [-0.39, 0.29) is 83.8 Å². The maximum Gasteiger partial charge on any atom is 0.435 e. The number of nitrogens with zero attached hydrogens (tertiary/aromatic N) is 2. The number of piperidine rings is 1. The Labute approximate surface area is 295 Å². The first-order valence-electron chi connectivity index (χ1n) is 16.4. The summed E-state index contributed by atoms with van der Waals surface area (Å²) < 4.78 is 22.3. The van der Waals surface area contributed by atoms with Crippen molar-refractivity contribution in [2.24, 2.45) is 10.7 Å². The van der Waals surface area contributed by atoms with Gasteiger partial charge < -0.3 is 40.6 Å². The van der Waals surface area contributed by atoms with Crippen molar-refractivity contribution in [2.75, 3.05) is 24.2 Å². The maximum absolute atomic E-state index is 13.8. The first kappa shape index (κ1) is 37.8. The van der Waals surface area contributed by atoms with Gasteiger partial charge in [0.1, 0.15) is 11.6 Å². The van der Waals surface area contributed by atoms with Crippen LogP contribution in [0, 0.1) is 0 Å². The summed E-state index contributed by atoms with van der Waals surface area (Å²) in [6.45, 7) is 5.74. The minimum absolute atomic E-state index is 0.00664. The summed E-state index contributed by atoms with van der Waals surface area (Å²) in [4.78, 5) is 69.4. The smallest absolute Gasteiger partial charge is 0.435 e. The van der Waals surface area contributed by atoms with Crippen LogP contribution in [0.4, 0.5) is 16.2 Å². The Kier molecular flexibility index (Phi) is 13.5. The molecule has 1 fully saturated rings. The Morgan fingerprint density at radius 3 is 2.45 bits per heavy atom. The lowest BCUT2D eigenvalue weighted by molar-refractivity contribution is -0.154. The Morgan fingerprint density at radius 1 is 1.04 bits per heavy atom. The zero-order valence-corrected chi connectivity index (χ0v) is 28.6. The number of ether oxygens (including phenoxy) is 4. The van der Waals surface area contributed by atoms with E-state index >= 15 is 0 Å². The van der Waals surface area contributed by atoms with Gasteiger partial charge in [-0.05, 0) is 70.0 Å². The van der Waals surface area contributed by atoms with Crippen LogP contribution in [0.3, 0.4) is 0 Å². The Bertz CT molecular complexity index is 1810. The van der Waals surface area contributed by atoms with Gasteiger partial charge in [0, 0.05) is 41.8 Å². The molecule has 14 nitrogen and oxygen atoms in total. The number of nitrogens with two attached hydrogens (primary N) is 2. The van der Waals surface area contributed by atoms with E-state index in [0.717, 1.165) is 6.26 Å². The van der Waals surface area contributed by atoms with Crippen LogP contribution in [0.2, 0.25) is 0 Å². The van der Waals surface area contributed by atoms with Gasteiger partial charge in [0.05, 0.1) is 30.1 Å². The molecule has 268 valence electrons. The van der Waals surface area contributed by atoms with Crippen molar-refractivity contribution in [2.45, 2.75) is 64.9 Å². The molecule has 4 rings (SSSR count). The number of hydrogen-bond donors (Lipinski definition) is 3. The normalized spacial score (nSPS) is 15.8. The highest BCUT2D eigenvalue weighted by molar-refractivity contribution is 6.12. The minimum Gasteiger partial charge on any atom is -0.466 e. The molecule has 0 aromatic heterocycles. The molecule has 0 saturated carbocycles. The molecular weight excluding hydrogens is 658 g/mol. The standard InChI is InChI=1S/C37H41N5O9/c1-4-48-37(47)41-34(39)28-14-16-30(51-36(46)26-12-8-9-13-29(26)38)27(33(28)40-35(45)24-10-6-5-7-11-24)15-17-31(44)42-19-18-25(50-23(2)3)22-32(42)49-21-20-43/h5-14,16,21,23,25,32H,4,15,17-19,22,38H2,1-3H3,(H,40,45)(H2,39,41,47). The lowest BCUT2D eigenvalue weighted by atomic mass is 9.98. The molecule has 2 unspecified atom stereocenters. The van der Waals surface area contributed by atoms with Crippen LogP contribution < -0.4 is 21.5 Å². The number of aliphatic imine (C=N–C) groups is 1. The van der Waals surface area contributed by atoms with E-state index in [2.05, 4.69) is 10.3 Å². The third-order valence-electron chi connectivity index (χ3n) is 7.83. The lowest BCUT2D eigenvalue weighted by Crippen LogP contribution is -2.49. The average molecular weight is 700 g/mol. The molecule has 3 aromatic rings. The molecule has 3 amide bonds. The fraction of sp³-hybridized carbons (Fsp3) is 0.324. The summed E-state index contributed by atoms with van der Waals surface area (Å²) >= 11 is 0. The maximum atomic E-state index is 13.8. The molecule has 1 aliphatic rings. The molecular formula is C37H41N5O9. The number of para-hydroxylation sites is 1. The van der Waals surface area contributed by atoms with Crippen LogP contribution >= 0.6 is 0 Å². The van der Waals surface area contributed by atoms with Crippen molar-refractivity contribution >= 4 is 47.0 Å². The van der Waals surface area contributed by atoms with Crippen LogP contribution in [-0.4, -0.2) is 72.1 Å². The number of nitrogens with one attached hydrogen (secondary N) is 1. The average Bonchev–Trinajstić information content (AvgIpc) is 3.10.